The highest BCUT2D eigenvalue weighted by Crippen LogP contribution is 2.09. The molecule has 0 bridgehead atoms. The third-order valence-electron chi connectivity index (χ3n) is 4.94. The highest BCUT2D eigenvalue weighted by Gasteiger charge is 2.21. The van der Waals surface area contributed by atoms with E-state index in [1.165, 1.54) is 0 Å². The Morgan fingerprint density at radius 1 is 1.21 bits per heavy atom. The summed E-state index contributed by atoms with van der Waals surface area (Å²) in [5.74, 6) is 1.77. The number of nitrogens with zero attached hydrogens (tertiary/aromatic N) is 4. The Morgan fingerprint density at radius 3 is 2.45 bits per heavy atom. The Kier molecular flexibility index (Phi) is 12.0. The van der Waals surface area contributed by atoms with Gasteiger partial charge in [0.1, 0.15) is 18.9 Å². The molecule has 0 saturated carbocycles. The molecule has 8 heteroatoms. The summed E-state index contributed by atoms with van der Waals surface area (Å²) in [5, 5.41) is 3.47. The average molecular weight is 517 g/mol. The van der Waals surface area contributed by atoms with Crippen LogP contribution in [-0.2, 0) is 4.79 Å². The van der Waals surface area contributed by atoms with Gasteiger partial charge in [-0.3, -0.25) is 9.69 Å². The lowest BCUT2D eigenvalue weighted by Crippen LogP contribution is -2.54. The number of carbonyl (C=O) groups is 1. The van der Waals surface area contributed by atoms with Crippen LogP contribution in [0.1, 0.15) is 20.3 Å². The summed E-state index contributed by atoms with van der Waals surface area (Å²) in [6.45, 7) is 9.76. The zero-order chi connectivity index (χ0) is 20.4. The first kappa shape index (κ1) is 25.5. The van der Waals surface area contributed by atoms with E-state index in [1.54, 1.807) is 19.0 Å². The SMILES string of the molecule is CCC(C)NC(=NCC(=O)N(C)C)N1CCN(CCOc2ccccc2)CC1.I. The van der Waals surface area contributed by atoms with Crippen molar-refractivity contribution in [3.05, 3.63) is 30.3 Å². The summed E-state index contributed by atoms with van der Waals surface area (Å²) in [5.41, 5.74) is 0. The summed E-state index contributed by atoms with van der Waals surface area (Å²) in [4.78, 5) is 22.7. The van der Waals surface area contributed by atoms with E-state index in [1.807, 2.05) is 30.3 Å². The normalized spacial score (nSPS) is 16.0. The number of amides is 1. The van der Waals surface area contributed by atoms with E-state index in [0.29, 0.717) is 12.6 Å². The van der Waals surface area contributed by atoms with Gasteiger partial charge in [0.25, 0.3) is 0 Å². The van der Waals surface area contributed by atoms with E-state index in [4.69, 9.17) is 4.74 Å². The zero-order valence-electron chi connectivity index (χ0n) is 18.1. The molecule has 1 aliphatic rings. The minimum Gasteiger partial charge on any atom is -0.492 e. The zero-order valence-corrected chi connectivity index (χ0v) is 20.5. The van der Waals surface area contributed by atoms with Gasteiger partial charge in [-0.2, -0.15) is 0 Å². The predicted octanol–water partition coefficient (Wildman–Crippen LogP) is 2.13. The van der Waals surface area contributed by atoms with Gasteiger partial charge in [-0.15, -0.1) is 24.0 Å². The third-order valence-corrected chi connectivity index (χ3v) is 4.94. The maximum atomic E-state index is 11.9. The van der Waals surface area contributed by atoms with Crippen molar-refractivity contribution in [2.24, 2.45) is 4.99 Å². The first-order valence-electron chi connectivity index (χ1n) is 10.2. The van der Waals surface area contributed by atoms with Crippen LogP contribution < -0.4 is 10.1 Å². The quantitative estimate of drug-likeness (QED) is 0.326. The first-order valence-corrected chi connectivity index (χ1v) is 10.2. The second-order valence-electron chi connectivity index (χ2n) is 7.37. The van der Waals surface area contributed by atoms with E-state index in [-0.39, 0.29) is 36.4 Å². The maximum absolute atomic E-state index is 11.9. The number of para-hydroxylation sites is 1. The van der Waals surface area contributed by atoms with Gasteiger partial charge >= 0.3 is 0 Å². The average Bonchev–Trinajstić information content (AvgIpc) is 2.72. The van der Waals surface area contributed by atoms with Crippen LogP contribution in [0.25, 0.3) is 0 Å². The van der Waals surface area contributed by atoms with Crippen molar-refractivity contribution in [3.8, 4) is 5.75 Å². The summed E-state index contributed by atoms with van der Waals surface area (Å²) in [6.07, 6.45) is 1.01. The number of rotatable bonds is 8. The summed E-state index contributed by atoms with van der Waals surface area (Å²) < 4.78 is 5.80. The second kappa shape index (κ2) is 13.6. The van der Waals surface area contributed by atoms with Crippen molar-refractivity contribution in [2.75, 3.05) is 60.0 Å². The molecule has 2 rings (SSSR count). The molecule has 0 radical (unpaired) electrons. The summed E-state index contributed by atoms with van der Waals surface area (Å²) in [7, 11) is 3.52. The van der Waals surface area contributed by atoms with Crippen LogP contribution in [0.5, 0.6) is 5.75 Å². The van der Waals surface area contributed by atoms with Crippen molar-refractivity contribution < 1.29 is 9.53 Å². The highest BCUT2D eigenvalue weighted by molar-refractivity contribution is 14.0. The molecule has 0 aliphatic carbocycles. The molecule has 0 spiro atoms. The topological polar surface area (TPSA) is 60.4 Å². The number of carbonyl (C=O) groups excluding carboxylic acids is 1. The van der Waals surface area contributed by atoms with Gasteiger partial charge < -0.3 is 19.9 Å². The van der Waals surface area contributed by atoms with Crippen LogP contribution >= 0.6 is 24.0 Å². The Labute approximate surface area is 192 Å². The number of piperazine rings is 1. The number of nitrogens with one attached hydrogen (secondary N) is 1. The van der Waals surface area contributed by atoms with E-state index in [2.05, 4.69) is 34.0 Å². The fourth-order valence-electron chi connectivity index (χ4n) is 2.84. The van der Waals surface area contributed by atoms with Crippen LogP contribution in [0.4, 0.5) is 0 Å². The van der Waals surface area contributed by atoms with Crippen LogP contribution in [0.15, 0.2) is 35.3 Å². The van der Waals surface area contributed by atoms with Gasteiger partial charge in [0.15, 0.2) is 5.96 Å². The van der Waals surface area contributed by atoms with Gasteiger partial charge in [0.05, 0.1) is 0 Å². The third kappa shape index (κ3) is 9.20. The minimum absolute atomic E-state index is 0. The lowest BCUT2D eigenvalue weighted by Gasteiger charge is -2.37. The largest absolute Gasteiger partial charge is 0.492 e. The van der Waals surface area contributed by atoms with E-state index >= 15 is 0 Å². The van der Waals surface area contributed by atoms with E-state index in [0.717, 1.165) is 50.9 Å². The number of hydrogen-bond acceptors (Lipinski definition) is 4. The van der Waals surface area contributed by atoms with Crippen LogP contribution in [-0.4, -0.2) is 92.6 Å². The molecule has 29 heavy (non-hydrogen) atoms. The molecule has 1 unspecified atom stereocenters. The molecular formula is C21H36IN5O2. The van der Waals surface area contributed by atoms with Gasteiger partial charge in [-0.05, 0) is 25.5 Å². The van der Waals surface area contributed by atoms with Crippen molar-refractivity contribution >= 4 is 35.8 Å². The number of halogens is 1. The minimum atomic E-state index is 0. The molecule has 7 nitrogen and oxygen atoms in total. The first-order chi connectivity index (χ1) is 13.5. The number of ether oxygens (including phenoxy) is 1. The van der Waals surface area contributed by atoms with E-state index < -0.39 is 0 Å². The molecule has 1 saturated heterocycles. The molecule has 1 aliphatic heterocycles. The fraction of sp³-hybridized carbons (Fsp3) is 0.619. The molecule has 1 atom stereocenters. The lowest BCUT2D eigenvalue weighted by atomic mass is 10.2. The number of guanidine groups is 1. The number of benzene rings is 1. The smallest absolute Gasteiger partial charge is 0.243 e. The van der Waals surface area contributed by atoms with E-state index in [9.17, 15) is 4.79 Å². The summed E-state index contributed by atoms with van der Waals surface area (Å²) >= 11 is 0. The molecular weight excluding hydrogens is 481 g/mol. The van der Waals surface area contributed by atoms with Gasteiger partial charge in [0.2, 0.25) is 5.91 Å². The standard InChI is InChI=1S/C21H35N5O2.HI/c1-5-18(2)23-21(22-17-20(27)24(3)4)26-13-11-25(12-14-26)15-16-28-19-9-7-6-8-10-19;/h6-10,18H,5,11-17H2,1-4H3,(H,22,23);1H. The molecule has 0 aromatic heterocycles. The Balaban J connectivity index is 0.00000420. The molecule has 1 N–H and O–H groups in total. The monoisotopic (exact) mass is 517 g/mol. The Bertz CT molecular complexity index is 619. The molecule has 1 aromatic rings. The Morgan fingerprint density at radius 2 is 1.86 bits per heavy atom. The second-order valence-corrected chi connectivity index (χ2v) is 7.37. The maximum Gasteiger partial charge on any atom is 0.243 e. The highest BCUT2D eigenvalue weighted by atomic mass is 127. The number of hydrogen-bond donors (Lipinski definition) is 1. The van der Waals surface area contributed by atoms with Gasteiger partial charge in [0, 0.05) is 52.9 Å². The predicted molar refractivity (Wildman–Crippen MR) is 129 cm³/mol. The Hall–Kier alpha value is -1.55. The number of aliphatic imine (C=N–C) groups is 1. The molecule has 1 fully saturated rings. The van der Waals surface area contributed by atoms with Crippen LogP contribution in [0.3, 0.4) is 0 Å². The molecule has 164 valence electrons. The van der Waals surface area contributed by atoms with Gasteiger partial charge in [-0.1, -0.05) is 25.1 Å². The van der Waals surface area contributed by atoms with Crippen LogP contribution in [0.2, 0.25) is 0 Å². The summed E-state index contributed by atoms with van der Waals surface area (Å²) in [6, 6.07) is 10.3. The molecule has 1 aromatic carbocycles. The van der Waals surface area contributed by atoms with Crippen molar-refractivity contribution in [1.29, 1.82) is 0 Å². The lowest BCUT2D eigenvalue weighted by molar-refractivity contribution is -0.127. The fourth-order valence-corrected chi connectivity index (χ4v) is 2.84. The van der Waals surface area contributed by atoms with Gasteiger partial charge in [-0.25, -0.2) is 4.99 Å². The van der Waals surface area contributed by atoms with Crippen molar-refractivity contribution in [2.45, 2.75) is 26.3 Å². The van der Waals surface area contributed by atoms with Crippen molar-refractivity contribution in [1.82, 2.24) is 20.0 Å². The number of likely N-dealkylation sites (N-methyl/N-ethyl adjacent to an activating group) is 1. The van der Waals surface area contributed by atoms with Crippen LogP contribution in [0, 0.1) is 0 Å². The van der Waals surface area contributed by atoms with Crippen molar-refractivity contribution in [3.63, 3.8) is 0 Å². The molecule has 1 heterocycles. The molecule has 1 amide bonds.